The summed E-state index contributed by atoms with van der Waals surface area (Å²) >= 11 is 0. The van der Waals surface area contributed by atoms with Gasteiger partial charge in [-0.05, 0) is 36.8 Å². The second-order valence-corrected chi connectivity index (χ2v) is 12.7. The number of nitrogens with zero attached hydrogens (tertiary/aromatic N) is 1. The lowest BCUT2D eigenvalue weighted by atomic mass is 9.79. The number of esters is 1. The molecule has 1 saturated heterocycles. The molecule has 10 nitrogen and oxygen atoms in total. The first-order chi connectivity index (χ1) is 22.0. The van der Waals surface area contributed by atoms with Crippen molar-refractivity contribution in [1.29, 1.82) is 0 Å². The summed E-state index contributed by atoms with van der Waals surface area (Å²) < 4.78 is 52.0. The number of hydrogen-bond donors (Lipinski definition) is 2. The Morgan fingerprint density at radius 1 is 1.06 bits per heavy atom. The highest BCUT2D eigenvalue weighted by Crippen LogP contribution is 2.33. The largest absolute Gasteiger partial charge is 0.482 e. The van der Waals surface area contributed by atoms with Crippen molar-refractivity contribution in [2.45, 2.75) is 65.3 Å². The molecule has 1 aliphatic rings. The number of para-hydroxylation sites is 1. The summed E-state index contributed by atoms with van der Waals surface area (Å²) in [7, 11) is 0. The number of amides is 3. The lowest BCUT2D eigenvalue weighted by Crippen LogP contribution is -2.54. The maximum absolute atomic E-state index is 14.3. The Kier molecular flexibility index (Phi) is 12.0. The fourth-order valence-electron chi connectivity index (χ4n) is 5.03. The molecular formula is C34H40F3N3O7. The van der Waals surface area contributed by atoms with E-state index in [4.69, 9.17) is 9.47 Å². The highest BCUT2D eigenvalue weighted by Gasteiger charge is 2.41. The quantitative estimate of drug-likeness (QED) is 0.157. The SMILES string of the molecule is C=CCOC(=O)C[C@H](NC(=O)C1(C)CCN(C(=O)C(=O)Nc2ccccc2C(C)(C)C)CC1)C(=O)COc1c(C)c(F)cc(F)c1F. The van der Waals surface area contributed by atoms with Crippen LogP contribution in [0.5, 0.6) is 5.75 Å². The molecular weight excluding hydrogens is 619 g/mol. The minimum Gasteiger partial charge on any atom is -0.482 e. The topological polar surface area (TPSA) is 131 Å². The highest BCUT2D eigenvalue weighted by molar-refractivity contribution is 6.39. The number of nitrogens with one attached hydrogen (secondary N) is 2. The van der Waals surface area contributed by atoms with E-state index in [1.165, 1.54) is 11.0 Å². The number of piperidine rings is 1. The number of ether oxygens (including phenoxy) is 2. The molecule has 0 bridgehead atoms. The number of Topliss-reactive ketones (excluding diaryl/α,β-unsaturated/α-hetero) is 1. The molecule has 254 valence electrons. The molecule has 13 heteroatoms. The van der Waals surface area contributed by atoms with Crippen LogP contribution in [-0.2, 0) is 34.1 Å². The van der Waals surface area contributed by atoms with Crippen LogP contribution in [0.4, 0.5) is 18.9 Å². The van der Waals surface area contributed by atoms with E-state index in [1.54, 1.807) is 19.1 Å². The smallest absolute Gasteiger partial charge is 0.313 e. The summed E-state index contributed by atoms with van der Waals surface area (Å²) in [5, 5.41) is 5.21. The van der Waals surface area contributed by atoms with Crippen LogP contribution in [0.3, 0.4) is 0 Å². The molecule has 0 radical (unpaired) electrons. The van der Waals surface area contributed by atoms with Crippen LogP contribution >= 0.6 is 0 Å². The van der Waals surface area contributed by atoms with E-state index in [9.17, 15) is 37.1 Å². The van der Waals surface area contributed by atoms with Crippen LogP contribution in [0, 0.1) is 29.8 Å². The number of benzene rings is 2. The van der Waals surface area contributed by atoms with Crippen LogP contribution in [0.2, 0.25) is 0 Å². The second kappa shape index (κ2) is 15.3. The van der Waals surface area contributed by atoms with Gasteiger partial charge in [0.15, 0.2) is 17.3 Å². The summed E-state index contributed by atoms with van der Waals surface area (Å²) in [6.07, 6.45) is 0.946. The number of ketones is 1. The molecule has 1 aliphatic heterocycles. The van der Waals surface area contributed by atoms with Gasteiger partial charge in [0.05, 0.1) is 6.42 Å². The average molecular weight is 660 g/mol. The lowest BCUT2D eigenvalue weighted by Gasteiger charge is -2.38. The predicted octanol–water partition coefficient (Wildman–Crippen LogP) is 4.53. The Morgan fingerprint density at radius 2 is 1.70 bits per heavy atom. The van der Waals surface area contributed by atoms with Gasteiger partial charge in [0.2, 0.25) is 11.7 Å². The fraction of sp³-hybridized carbons (Fsp3) is 0.441. The second-order valence-electron chi connectivity index (χ2n) is 12.7. The molecule has 0 unspecified atom stereocenters. The summed E-state index contributed by atoms with van der Waals surface area (Å²) in [6.45, 7) is 11.2. The molecule has 1 atom stereocenters. The van der Waals surface area contributed by atoms with E-state index in [0.29, 0.717) is 11.8 Å². The van der Waals surface area contributed by atoms with Crippen molar-refractivity contribution < 1.29 is 46.6 Å². The van der Waals surface area contributed by atoms with Crippen molar-refractivity contribution in [3.8, 4) is 5.75 Å². The third-order valence-corrected chi connectivity index (χ3v) is 8.03. The Balaban J connectivity index is 1.67. The molecule has 3 amide bonds. The first kappa shape index (κ1) is 36.8. The average Bonchev–Trinajstić information content (AvgIpc) is 3.02. The van der Waals surface area contributed by atoms with Crippen LogP contribution in [0.15, 0.2) is 43.0 Å². The van der Waals surface area contributed by atoms with Gasteiger partial charge in [-0.25, -0.2) is 8.78 Å². The molecule has 0 saturated carbocycles. The third-order valence-electron chi connectivity index (χ3n) is 8.03. The molecule has 47 heavy (non-hydrogen) atoms. The van der Waals surface area contributed by atoms with Gasteiger partial charge in [-0.2, -0.15) is 4.39 Å². The van der Waals surface area contributed by atoms with Gasteiger partial charge < -0.3 is 25.0 Å². The highest BCUT2D eigenvalue weighted by atomic mass is 19.2. The molecule has 0 aromatic heterocycles. The van der Waals surface area contributed by atoms with Crippen molar-refractivity contribution in [2.24, 2.45) is 5.41 Å². The zero-order valence-electron chi connectivity index (χ0n) is 27.1. The molecule has 1 fully saturated rings. The molecule has 1 heterocycles. The number of hydrogen-bond acceptors (Lipinski definition) is 7. The van der Waals surface area contributed by atoms with E-state index in [2.05, 4.69) is 17.2 Å². The van der Waals surface area contributed by atoms with E-state index >= 15 is 0 Å². The zero-order valence-corrected chi connectivity index (χ0v) is 27.1. The summed E-state index contributed by atoms with van der Waals surface area (Å²) in [5.74, 6) is -8.86. The maximum Gasteiger partial charge on any atom is 0.313 e. The molecule has 3 rings (SSSR count). The van der Waals surface area contributed by atoms with Gasteiger partial charge in [-0.15, -0.1) is 0 Å². The Bertz CT molecular complexity index is 1520. The van der Waals surface area contributed by atoms with Gasteiger partial charge >= 0.3 is 17.8 Å². The number of likely N-dealkylation sites (tertiary alicyclic amines) is 1. The first-order valence-corrected chi connectivity index (χ1v) is 15.1. The summed E-state index contributed by atoms with van der Waals surface area (Å²) in [6, 6.07) is 6.03. The van der Waals surface area contributed by atoms with Crippen molar-refractivity contribution in [2.75, 3.05) is 31.6 Å². The van der Waals surface area contributed by atoms with Crippen LogP contribution in [0.1, 0.15) is 58.1 Å². The van der Waals surface area contributed by atoms with E-state index in [1.807, 2.05) is 32.9 Å². The van der Waals surface area contributed by atoms with Crippen LogP contribution < -0.4 is 15.4 Å². The molecule has 2 N–H and O–H groups in total. The van der Waals surface area contributed by atoms with Gasteiger partial charge in [-0.3, -0.25) is 24.0 Å². The minimum atomic E-state index is -1.52. The minimum absolute atomic E-state index is 0.0594. The number of rotatable bonds is 11. The molecule has 0 spiro atoms. The Labute approximate surface area is 271 Å². The maximum atomic E-state index is 14.3. The number of halogens is 3. The first-order valence-electron chi connectivity index (χ1n) is 15.1. The van der Waals surface area contributed by atoms with Crippen molar-refractivity contribution in [3.05, 3.63) is 71.6 Å². The normalized spacial score (nSPS) is 14.9. The van der Waals surface area contributed by atoms with E-state index < -0.39 is 77.2 Å². The van der Waals surface area contributed by atoms with Crippen molar-refractivity contribution >= 4 is 35.2 Å². The Morgan fingerprint density at radius 3 is 2.32 bits per heavy atom. The molecule has 2 aromatic carbocycles. The summed E-state index contributed by atoms with van der Waals surface area (Å²) in [4.78, 5) is 66.2. The van der Waals surface area contributed by atoms with Crippen LogP contribution in [-0.4, -0.2) is 66.7 Å². The molecule has 2 aromatic rings. The predicted molar refractivity (Wildman–Crippen MR) is 167 cm³/mol. The van der Waals surface area contributed by atoms with Crippen molar-refractivity contribution in [1.82, 2.24) is 10.2 Å². The Hall–Kier alpha value is -4.68. The van der Waals surface area contributed by atoms with E-state index in [-0.39, 0.29) is 43.5 Å². The van der Waals surface area contributed by atoms with Gasteiger partial charge in [-0.1, -0.05) is 58.5 Å². The molecule has 0 aliphatic carbocycles. The fourth-order valence-corrected chi connectivity index (χ4v) is 5.03. The number of anilines is 1. The number of carbonyl (C=O) groups excluding carboxylic acids is 5. The lowest BCUT2D eigenvalue weighted by molar-refractivity contribution is -0.148. The standard InChI is InChI=1S/C34H40F3N3O7/c1-7-16-46-27(42)18-25(26(41)19-47-29-20(2)22(35)17-23(36)28(29)37)39-32(45)34(6)12-14-40(15-13-34)31(44)30(43)38-24-11-9-8-10-21(24)33(3,4)5/h7-11,17,25H,1,12-16,18-19H2,2-6H3,(H,38,43)(H,39,45)/t25-/m0/s1. The van der Waals surface area contributed by atoms with Crippen molar-refractivity contribution in [3.63, 3.8) is 0 Å². The third kappa shape index (κ3) is 9.20. The number of carbonyl (C=O) groups is 5. The van der Waals surface area contributed by atoms with E-state index in [0.717, 1.165) is 12.5 Å². The van der Waals surface area contributed by atoms with Gasteiger partial charge in [0, 0.05) is 35.8 Å². The zero-order chi connectivity index (χ0) is 35.1. The van der Waals surface area contributed by atoms with Crippen LogP contribution in [0.25, 0.3) is 0 Å². The van der Waals surface area contributed by atoms with Gasteiger partial charge in [0.1, 0.15) is 25.1 Å². The summed E-state index contributed by atoms with van der Waals surface area (Å²) in [5.41, 5.74) is -0.386. The monoisotopic (exact) mass is 659 g/mol. The van der Waals surface area contributed by atoms with Gasteiger partial charge in [0.25, 0.3) is 0 Å².